The zero-order valence-corrected chi connectivity index (χ0v) is 62.3. The molecule has 1 heterocycles. The first-order valence-electron chi connectivity index (χ1n) is 40.0. The Hall–Kier alpha value is -6.80. The molecule has 3 N–H and O–H groups in total. The number of allylic oxidation sites excluding steroid dienone is 2. The lowest BCUT2D eigenvalue weighted by molar-refractivity contribution is -0.300. The third kappa shape index (κ3) is 26.9. The minimum atomic E-state index is -1.57. The Kier molecular flexibility index (Phi) is 36.2. The Morgan fingerprint density at radius 3 is 1.59 bits per heavy atom. The molecule has 1 saturated heterocycles. The Bertz CT molecular complexity index is 3140. The first-order chi connectivity index (χ1) is 51.0. The molecular weight excluding hydrogens is 1310 g/mol. The standard InChI is InChI=1S/C86H121N3O15/c1-3-4-5-6-7-8-9-10-11-12-13-14-15-16-17-33-54-89-104-69-45-47-71-68(61-69)44-46-74-73(71)51-50-72-70(48-49-75(72)74)63(2)43-52-78(91)87-53-32-22-31-42-77(90)88-55-56-96-57-58-97-59-60-98-86-81(103-85(95)67-40-29-21-30-41-67)80(102-84(94)66-38-27-20-28-39-66)79(101-83(93)65-36-25-19-26-37-65)76(100-86)62-99-82(92)64-34-23-18-24-35-64/h10-11,18-21,23-30,34-41,63,68-76,79-81,86,89H,3-9,12-17,22,31-33,42-62H2,1-2H3,(H,87,91)(H,88,90)/b11-10-/t63-,68?,69-,70-,71?,72?,73?,74?,75?,76?,79-,80?,81-,86+/m1/s1. The van der Waals surface area contributed by atoms with Crippen LogP contribution in [0.4, 0.5) is 0 Å². The maximum atomic E-state index is 14.0. The summed E-state index contributed by atoms with van der Waals surface area (Å²) in [4.78, 5) is 87.1. The monoisotopic (exact) mass is 1440 g/mol. The van der Waals surface area contributed by atoms with Crippen LogP contribution < -0.4 is 16.1 Å². The largest absolute Gasteiger partial charge is 0.459 e. The van der Waals surface area contributed by atoms with Gasteiger partial charge in [0.15, 0.2) is 24.6 Å². The second kappa shape index (κ2) is 46.3. The van der Waals surface area contributed by atoms with Crippen molar-refractivity contribution < 1.29 is 71.5 Å². The van der Waals surface area contributed by atoms with Crippen LogP contribution in [0.25, 0.3) is 0 Å². The van der Waals surface area contributed by atoms with Crippen LogP contribution >= 0.6 is 0 Å². The predicted octanol–water partition coefficient (Wildman–Crippen LogP) is 16.3. The number of carbonyl (C=O) groups is 6. The van der Waals surface area contributed by atoms with Crippen molar-refractivity contribution in [1.82, 2.24) is 16.1 Å². The molecule has 0 aromatic heterocycles. The van der Waals surface area contributed by atoms with E-state index < -0.39 is 61.2 Å². The van der Waals surface area contributed by atoms with Gasteiger partial charge in [0.25, 0.3) is 0 Å². The summed E-state index contributed by atoms with van der Waals surface area (Å²) in [6, 6.07) is 32.7. The third-order valence-corrected chi connectivity index (χ3v) is 22.5. The van der Waals surface area contributed by atoms with Crippen molar-refractivity contribution in [1.29, 1.82) is 0 Å². The Morgan fingerprint density at radius 2 is 0.942 bits per heavy atom. The van der Waals surface area contributed by atoms with Gasteiger partial charge >= 0.3 is 23.9 Å². The van der Waals surface area contributed by atoms with E-state index in [9.17, 15) is 28.8 Å². The number of nitrogens with one attached hydrogen (secondary N) is 3. The van der Waals surface area contributed by atoms with Gasteiger partial charge in [-0.15, -0.1) is 0 Å². The van der Waals surface area contributed by atoms with E-state index in [1.165, 1.54) is 148 Å². The lowest BCUT2D eigenvalue weighted by atomic mass is 9.53. The molecule has 2 amide bonds. The fourth-order valence-electron chi connectivity index (χ4n) is 17.0. The summed E-state index contributed by atoms with van der Waals surface area (Å²) < 4.78 is 48.3. The van der Waals surface area contributed by atoms with Crippen LogP contribution in [0, 0.1) is 47.3 Å². The van der Waals surface area contributed by atoms with Gasteiger partial charge in [0, 0.05) is 32.5 Å². The Morgan fingerprint density at radius 1 is 0.462 bits per heavy atom. The lowest BCUT2D eigenvalue weighted by Gasteiger charge is -2.53. The van der Waals surface area contributed by atoms with E-state index in [0.717, 1.165) is 73.7 Å². The molecule has 5 aliphatic rings. The summed E-state index contributed by atoms with van der Waals surface area (Å²) in [6.07, 6.45) is 32.8. The fourth-order valence-corrected chi connectivity index (χ4v) is 17.0. The van der Waals surface area contributed by atoms with Gasteiger partial charge in [0.2, 0.25) is 11.8 Å². The highest BCUT2D eigenvalue weighted by Crippen LogP contribution is 2.60. The quantitative estimate of drug-likeness (QED) is 0.0123. The molecule has 14 atom stereocenters. The second-order valence-electron chi connectivity index (χ2n) is 29.7. The average Bonchev–Trinajstić information content (AvgIpc) is 1.57. The molecule has 104 heavy (non-hydrogen) atoms. The predicted molar refractivity (Wildman–Crippen MR) is 401 cm³/mol. The van der Waals surface area contributed by atoms with E-state index in [0.29, 0.717) is 38.0 Å². The molecule has 1 aliphatic heterocycles. The molecule has 18 heteroatoms. The van der Waals surface area contributed by atoms with Crippen molar-refractivity contribution in [2.45, 2.75) is 237 Å². The molecule has 4 saturated carbocycles. The van der Waals surface area contributed by atoms with E-state index in [1.807, 2.05) is 0 Å². The number of unbranched alkanes of at least 4 members (excludes halogenated alkanes) is 14. The number of benzene rings is 4. The van der Waals surface area contributed by atoms with Crippen LogP contribution in [-0.4, -0.2) is 132 Å². The van der Waals surface area contributed by atoms with Crippen molar-refractivity contribution in [3.63, 3.8) is 0 Å². The average molecular weight is 1440 g/mol. The molecule has 4 aliphatic carbocycles. The minimum Gasteiger partial charge on any atom is -0.459 e. The molecule has 0 radical (unpaired) electrons. The summed E-state index contributed by atoms with van der Waals surface area (Å²) in [5.41, 5.74) is 4.16. The van der Waals surface area contributed by atoms with Crippen molar-refractivity contribution in [3.8, 4) is 0 Å². The first-order valence-corrected chi connectivity index (χ1v) is 40.0. The van der Waals surface area contributed by atoms with Crippen molar-refractivity contribution in [2.75, 3.05) is 59.3 Å². The van der Waals surface area contributed by atoms with Crippen molar-refractivity contribution in [3.05, 3.63) is 156 Å². The van der Waals surface area contributed by atoms with Gasteiger partial charge in [-0.2, -0.15) is 0 Å². The van der Waals surface area contributed by atoms with Gasteiger partial charge in [-0.05, 0) is 205 Å². The number of amides is 2. The summed E-state index contributed by atoms with van der Waals surface area (Å²) in [5, 5.41) is 6.08. The van der Waals surface area contributed by atoms with Crippen LogP contribution in [0.1, 0.15) is 241 Å². The van der Waals surface area contributed by atoms with Gasteiger partial charge in [-0.3, -0.25) is 14.4 Å². The van der Waals surface area contributed by atoms with E-state index >= 15 is 0 Å². The highest BCUT2D eigenvalue weighted by molar-refractivity contribution is 5.91. The van der Waals surface area contributed by atoms with Gasteiger partial charge < -0.3 is 48.5 Å². The SMILES string of the molecule is CCCCCCCC/C=C\CCCCCCCCNO[C@@H]1CCC2C(CCC3C2CCC2C3CC[C@@H]2[C@H](C)CCC(=O)NCCCCCC(=O)NCCOCCOCCO[C@H]2OC(COC(=O)c3ccccc3)[C@@H](OC(=O)c3ccccc3)C(OC(=O)c3ccccc3)[C@H]2OC(=O)c2ccccc2)C1. The molecule has 18 nitrogen and oxygen atoms in total. The number of hydrogen-bond acceptors (Lipinski definition) is 16. The molecule has 0 spiro atoms. The van der Waals surface area contributed by atoms with Gasteiger partial charge in [0.1, 0.15) is 12.7 Å². The fraction of sp³-hybridized carbons (Fsp3) is 0.628. The van der Waals surface area contributed by atoms with E-state index in [2.05, 4.69) is 42.1 Å². The van der Waals surface area contributed by atoms with Gasteiger partial charge in [-0.1, -0.05) is 163 Å². The number of fused-ring (bicyclic) bond motifs is 5. The minimum absolute atomic E-state index is 0.0227. The van der Waals surface area contributed by atoms with Gasteiger partial charge in [-0.25, -0.2) is 24.7 Å². The Labute approximate surface area is 619 Å². The Balaban J connectivity index is 0.608. The van der Waals surface area contributed by atoms with E-state index in [1.54, 1.807) is 121 Å². The van der Waals surface area contributed by atoms with Crippen LogP contribution in [0.15, 0.2) is 133 Å². The molecule has 0 bridgehead atoms. The molecule has 4 aromatic rings. The molecule has 4 aromatic carbocycles. The molecule has 8 unspecified atom stereocenters. The summed E-state index contributed by atoms with van der Waals surface area (Å²) in [6.45, 7) is 6.69. The number of ether oxygens (including phenoxy) is 8. The van der Waals surface area contributed by atoms with Gasteiger partial charge in [0.05, 0.1) is 61.4 Å². The maximum absolute atomic E-state index is 14.0. The summed E-state index contributed by atoms with van der Waals surface area (Å²) in [5.74, 6) is 3.43. The zero-order valence-electron chi connectivity index (χ0n) is 62.3. The number of carbonyl (C=O) groups excluding carboxylic acids is 6. The lowest BCUT2D eigenvalue weighted by Crippen LogP contribution is -2.63. The second-order valence-corrected chi connectivity index (χ2v) is 29.7. The highest BCUT2D eigenvalue weighted by atomic mass is 16.7. The highest BCUT2D eigenvalue weighted by Gasteiger charge is 2.55. The van der Waals surface area contributed by atoms with Crippen LogP contribution in [0.5, 0.6) is 0 Å². The normalized spacial score (nSPS) is 24.5. The number of esters is 4. The molecule has 570 valence electrons. The maximum Gasteiger partial charge on any atom is 0.338 e. The third-order valence-electron chi connectivity index (χ3n) is 22.5. The smallest absolute Gasteiger partial charge is 0.338 e. The zero-order chi connectivity index (χ0) is 72.8. The van der Waals surface area contributed by atoms with Crippen LogP contribution in [0.2, 0.25) is 0 Å². The van der Waals surface area contributed by atoms with Crippen LogP contribution in [0.3, 0.4) is 0 Å². The van der Waals surface area contributed by atoms with E-state index in [-0.39, 0.29) is 67.1 Å². The molecule has 5 fully saturated rings. The topological polar surface area (TPSA) is 222 Å². The summed E-state index contributed by atoms with van der Waals surface area (Å²) >= 11 is 0. The number of rotatable bonds is 47. The molecule has 9 rings (SSSR count). The summed E-state index contributed by atoms with van der Waals surface area (Å²) in [7, 11) is 0. The van der Waals surface area contributed by atoms with Crippen LogP contribution in [-0.2, 0) is 52.3 Å². The first kappa shape index (κ1) is 81.3. The van der Waals surface area contributed by atoms with Crippen molar-refractivity contribution >= 4 is 35.7 Å². The molecular formula is C86H121N3O15. The number of hydrogen-bond donors (Lipinski definition) is 3. The van der Waals surface area contributed by atoms with E-state index in [4.69, 9.17) is 42.7 Å². The number of hydroxylamine groups is 1. The van der Waals surface area contributed by atoms with Crippen molar-refractivity contribution in [2.24, 2.45) is 47.3 Å².